The van der Waals surface area contributed by atoms with Gasteiger partial charge in [-0.3, -0.25) is 4.79 Å². The van der Waals surface area contributed by atoms with Crippen molar-refractivity contribution in [3.63, 3.8) is 0 Å². The van der Waals surface area contributed by atoms with E-state index in [1.807, 2.05) is 6.07 Å². The zero-order chi connectivity index (χ0) is 33.5. The summed E-state index contributed by atoms with van der Waals surface area (Å²) in [5.74, 6) is -2.17. The molecular weight excluding hydrogens is 616 g/mol. The molecule has 1 aliphatic carbocycles. The van der Waals surface area contributed by atoms with Crippen LogP contribution in [-0.4, -0.2) is 103 Å². The van der Waals surface area contributed by atoms with Crippen LogP contribution in [0.2, 0.25) is 0 Å². The first-order chi connectivity index (χ1) is 22.7. The Balaban J connectivity index is 1.52. The lowest BCUT2D eigenvalue weighted by atomic mass is 9.70. The van der Waals surface area contributed by atoms with E-state index in [-0.39, 0.29) is 29.4 Å². The molecule has 3 aliphatic rings. The Morgan fingerprint density at radius 2 is 1.72 bits per heavy atom. The second-order valence-corrected chi connectivity index (χ2v) is 11.7. The van der Waals surface area contributed by atoms with Crippen LogP contribution in [0, 0.1) is 5.92 Å². The van der Waals surface area contributed by atoms with Crippen molar-refractivity contribution < 1.29 is 63.5 Å². The van der Waals surface area contributed by atoms with Crippen molar-refractivity contribution in [1.82, 2.24) is 0 Å². The fourth-order valence-corrected chi connectivity index (χ4v) is 7.14. The average Bonchev–Trinajstić information content (AvgIpc) is 3.49. The third kappa shape index (κ3) is 5.10. The SMILES string of the molecule is COC(=O)[C@H]1[C@@H](O)[C@@]2(O)c3c(OC)cc(O[C@@H]4O[C@@H]([C@H](O)CO)CO[C@H]4CO)cc3O[C@@]2(c2ccc(OC)cc2)[C@@H]1c1ccccc1. The molecular formula is C34H38O13. The van der Waals surface area contributed by atoms with Gasteiger partial charge in [0.1, 0.15) is 47.4 Å². The van der Waals surface area contributed by atoms with Gasteiger partial charge in [0, 0.05) is 18.1 Å². The normalized spacial score (nSPS) is 31.7. The first kappa shape index (κ1) is 33.0. The number of carbonyl (C=O) groups excluding carboxylic acids is 1. The topological polar surface area (TPSA) is 183 Å². The molecule has 0 unspecified atom stereocenters. The van der Waals surface area contributed by atoms with Gasteiger partial charge in [0.05, 0.1) is 52.6 Å². The molecule has 2 aliphatic heterocycles. The van der Waals surface area contributed by atoms with Crippen LogP contribution < -0.4 is 18.9 Å². The van der Waals surface area contributed by atoms with Gasteiger partial charge in [0.15, 0.2) is 11.2 Å². The van der Waals surface area contributed by atoms with Gasteiger partial charge in [0.2, 0.25) is 6.29 Å². The van der Waals surface area contributed by atoms with E-state index >= 15 is 0 Å². The van der Waals surface area contributed by atoms with E-state index in [2.05, 4.69) is 0 Å². The predicted molar refractivity (Wildman–Crippen MR) is 162 cm³/mol. The minimum absolute atomic E-state index is 0.0657. The lowest BCUT2D eigenvalue weighted by molar-refractivity contribution is -0.271. The highest BCUT2D eigenvalue weighted by Gasteiger charge is 2.78. The molecule has 0 radical (unpaired) electrons. The van der Waals surface area contributed by atoms with Crippen LogP contribution in [0.5, 0.6) is 23.0 Å². The van der Waals surface area contributed by atoms with Crippen molar-refractivity contribution >= 4 is 5.97 Å². The fraction of sp³-hybridized carbons (Fsp3) is 0.441. The van der Waals surface area contributed by atoms with Crippen molar-refractivity contribution in [2.45, 2.75) is 47.8 Å². The highest BCUT2D eigenvalue weighted by atomic mass is 16.7. The standard InChI is InChI=1S/C34H38O13/c1-41-20-11-9-19(10-12-20)34-28(18-7-5-4-6-8-18)27(31(39)43-3)30(38)33(34,40)29-23(42-2)13-21(14-24(29)47-34)45-32-25(16-36)44-17-26(46-32)22(37)15-35/h4-14,22,25-28,30,32,35-38,40H,15-17H2,1-3H3/t22-,25+,26-,27-,28-,30-,32-,33+,34+/m1/s1. The molecule has 2 heterocycles. The van der Waals surface area contributed by atoms with E-state index in [9.17, 15) is 30.3 Å². The number of esters is 1. The zero-order valence-corrected chi connectivity index (χ0v) is 26.0. The molecule has 0 aromatic heterocycles. The van der Waals surface area contributed by atoms with Gasteiger partial charge in [-0.05, 0) is 23.3 Å². The average molecular weight is 655 g/mol. The molecule has 0 bridgehead atoms. The largest absolute Gasteiger partial charge is 0.497 e. The molecule has 1 saturated carbocycles. The van der Waals surface area contributed by atoms with Gasteiger partial charge in [-0.15, -0.1) is 0 Å². The lowest BCUT2D eigenvalue weighted by Gasteiger charge is -2.40. The molecule has 3 aromatic rings. The summed E-state index contributed by atoms with van der Waals surface area (Å²) in [6.45, 7) is -1.12. The van der Waals surface area contributed by atoms with E-state index in [4.69, 9.17) is 33.2 Å². The van der Waals surface area contributed by atoms with Gasteiger partial charge in [-0.2, -0.15) is 0 Å². The van der Waals surface area contributed by atoms with Crippen LogP contribution in [0.25, 0.3) is 0 Å². The molecule has 6 rings (SSSR count). The Hall–Kier alpha value is -3.95. The monoisotopic (exact) mass is 654 g/mol. The number of carbonyl (C=O) groups is 1. The van der Waals surface area contributed by atoms with Crippen LogP contribution in [-0.2, 0) is 30.2 Å². The second-order valence-electron chi connectivity index (χ2n) is 11.7. The number of aliphatic hydroxyl groups excluding tert-OH is 4. The Kier molecular flexibility index (Phi) is 9.06. The van der Waals surface area contributed by atoms with Crippen molar-refractivity contribution in [1.29, 1.82) is 0 Å². The number of rotatable bonds is 10. The van der Waals surface area contributed by atoms with Gasteiger partial charge >= 0.3 is 5.97 Å². The van der Waals surface area contributed by atoms with Crippen LogP contribution in [0.3, 0.4) is 0 Å². The van der Waals surface area contributed by atoms with Gasteiger partial charge in [0.25, 0.3) is 0 Å². The number of hydrogen-bond acceptors (Lipinski definition) is 13. The van der Waals surface area contributed by atoms with Gasteiger partial charge < -0.3 is 58.7 Å². The maximum atomic E-state index is 13.5. The molecule has 9 atom stereocenters. The molecule has 13 heteroatoms. The molecule has 0 spiro atoms. The molecule has 2 fully saturated rings. The molecule has 3 aromatic carbocycles. The minimum atomic E-state index is -2.27. The number of methoxy groups -OCH3 is 3. The summed E-state index contributed by atoms with van der Waals surface area (Å²) in [6, 6.07) is 18.7. The Labute approximate surface area is 270 Å². The predicted octanol–water partition coefficient (Wildman–Crippen LogP) is 0.961. The number of ether oxygens (including phenoxy) is 7. The summed E-state index contributed by atoms with van der Waals surface area (Å²) in [5.41, 5.74) is -2.96. The molecule has 13 nitrogen and oxygen atoms in total. The first-order valence-corrected chi connectivity index (χ1v) is 15.1. The quantitative estimate of drug-likeness (QED) is 0.195. The Morgan fingerprint density at radius 1 is 1.00 bits per heavy atom. The third-order valence-corrected chi connectivity index (χ3v) is 9.33. The number of fused-ring (bicyclic) bond motifs is 3. The molecule has 5 N–H and O–H groups in total. The smallest absolute Gasteiger partial charge is 0.312 e. The Bertz CT molecular complexity index is 1570. The third-order valence-electron chi connectivity index (χ3n) is 9.33. The summed E-state index contributed by atoms with van der Waals surface area (Å²) in [6.07, 6.45) is -6.07. The highest BCUT2D eigenvalue weighted by Crippen LogP contribution is 2.70. The number of hydrogen-bond donors (Lipinski definition) is 5. The number of benzene rings is 3. The summed E-state index contributed by atoms with van der Waals surface area (Å²) in [5, 5.41) is 54.6. The van der Waals surface area contributed by atoms with Crippen molar-refractivity contribution in [3.05, 3.63) is 83.4 Å². The lowest BCUT2D eigenvalue weighted by Crippen LogP contribution is -2.52. The van der Waals surface area contributed by atoms with E-state index < -0.39 is 72.9 Å². The van der Waals surface area contributed by atoms with E-state index in [0.717, 1.165) is 0 Å². The molecule has 252 valence electrons. The summed E-state index contributed by atoms with van der Waals surface area (Å²) < 4.78 is 40.7. The van der Waals surface area contributed by atoms with Crippen molar-refractivity contribution in [2.24, 2.45) is 5.92 Å². The first-order valence-electron chi connectivity index (χ1n) is 15.1. The number of aliphatic hydroxyl groups is 5. The Morgan fingerprint density at radius 3 is 2.34 bits per heavy atom. The van der Waals surface area contributed by atoms with Crippen LogP contribution >= 0.6 is 0 Å². The van der Waals surface area contributed by atoms with Crippen LogP contribution in [0.15, 0.2) is 66.7 Å². The molecule has 47 heavy (non-hydrogen) atoms. The molecule has 0 amide bonds. The van der Waals surface area contributed by atoms with Crippen LogP contribution in [0.4, 0.5) is 0 Å². The summed E-state index contributed by atoms with van der Waals surface area (Å²) >= 11 is 0. The van der Waals surface area contributed by atoms with E-state index in [0.29, 0.717) is 16.9 Å². The fourth-order valence-electron chi connectivity index (χ4n) is 7.14. The van der Waals surface area contributed by atoms with E-state index in [1.54, 1.807) is 48.5 Å². The summed E-state index contributed by atoms with van der Waals surface area (Å²) in [7, 11) is 4.11. The van der Waals surface area contributed by atoms with Gasteiger partial charge in [-0.1, -0.05) is 42.5 Å². The minimum Gasteiger partial charge on any atom is -0.497 e. The van der Waals surface area contributed by atoms with Gasteiger partial charge in [-0.25, -0.2) is 0 Å². The van der Waals surface area contributed by atoms with Crippen molar-refractivity contribution in [2.75, 3.05) is 41.2 Å². The highest BCUT2D eigenvalue weighted by molar-refractivity contribution is 5.78. The molecule has 1 saturated heterocycles. The zero-order valence-electron chi connectivity index (χ0n) is 26.0. The summed E-state index contributed by atoms with van der Waals surface area (Å²) in [4.78, 5) is 13.5. The van der Waals surface area contributed by atoms with Crippen LogP contribution in [0.1, 0.15) is 22.6 Å². The van der Waals surface area contributed by atoms with E-state index in [1.165, 1.54) is 33.5 Å². The second kappa shape index (κ2) is 12.9. The maximum Gasteiger partial charge on any atom is 0.312 e. The van der Waals surface area contributed by atoms with Crippen molar-refractivity contribution in [3.8, 4) is 23.0 Å². The maximum absolute atomic E-state index is 13.5.